The lowest BCUT2D eigenvalue weighted by atomic mass is 10.1. The minimum Gasteiger partial charge on any atom is -0.385 e. The lowest BCUT2D eigenvalue weighted by Crippen LogP contribution is -2.02. The molecule has 0 saturated heterocycles. The van der Waals surface area contributed by atoms with Gasteiger partial charge in [0.05, 0.1) is 28.3 Å². The second-order valence-corrected chi connectivity index (χ2v) is 6.03. The van der Waals surface area contributed by atoms with Gasteiger partial charge in [0.1, 0.15) is 5.82 Å². The Hall–Kier alpha value is -2.93. The normalized spacial score (nSPS) is 11.6. The predicted octanol–water partition coefficient (Wildman–Crippen LogP) is 2.98. The molecule has 1 aromatic carbocycles. The van der Waals surface area contributed by atoms with Crippen LogP contribution in [0.2, 0.25) is 0 Å². The Morgan fingerprint density at radius 3 is 2.92 bits per heavy atom. The highest BCUT2D eigenvalue weighted by atomic mass is 16.5. The lowest BCUT2D eigenvalue weighted by Gasteiger charge is -2.08. The molecule has 0 aliphatic carbocycles. The third kappa shape index (κ3) is 2.83. The number of hydrogen-bond donors (Lipinski definition) is 2. The van der Waals surface area contributed by atoms with Gasteiger partial charge < -0.3 is 10.5 Å². The highest BCUT2D eigenvalue weighted by molar-refractivity contribution is 6.08. The average molecular weight is 336 g/mol. The molecule has 0 atom stereocenters. The zero-order valence-corrected chi connectivity index (χ0v) is 14.1. The molecule has 0 aliphatic rings. The number of nitrogens with two attached hydrogens (primary N) is 1. The van der Waals surface area contributed by atoms with E-state index in [1.165, 1.54) is 0 Å². The number of H-pyrrole nitrogens is 1. The summed E-state index contributed by atoms with van der Waals surface area (Å²) in [6.45, 7) is 1.59. The number of nitrogen functional groups attached to an aromatic ring is 1. The summed E-state index contributed by atoms with van der Waals surface area (Å²) in [5, 5.41) is 13.4. The van der Waals surface area contributed by atoms with E-state index in [4.69, 9.17) is 10.5 Å². The van der Waals surface area contributed by atoms with Crippen molar-refractivity contribution in [3.63, 3.8) is 0 Å². The van der Waals surface area contributed by atoms with E-state index in [-0.39, 0.29) is 0 Å². The van der Waals surface area contributed by atoms with E-state index in [0.717, 1.165) is 59.1 Å². The zero-order valence-electron chi connectivity index (χ0n) is 14.1. The van der Waals surface area contributed by atoms with Crippen molar-refractivity contribution in [1.29, 1.82) is 0 Å². The molecule has 0 unspecified atom stereocenters. The first-order valence-corrected chi connectivity index (χ1v) is 8.31. The summed E-state index contributed by atoms with van der Waals surface area (Å²) in [4.78, 5) is 4.57. The monoisotopic (exact) mass is 336 g/mol. The number of aryl methyl sites for hydroxylation is 1. The Morgan fingerprint density at radius 1 is 1.20 bits per heavy atom. The Morgan fingerprint density at radius 2 is 2.12 bits per heavy atom. The number of aromatic nitrogens is 5. The van der Waals surface area contributed by atoms with Crippen LogP contribution in [0.15, 0.2) is 36.7 Å². The maximum atomic E-state index is 6.18. The summed E-state index contributed by atoms with van der Waals surface area (Å²) in [5.74, 6) is 0.507. The van der Waals surface area contributed by atoms with Gasteiger partial charge in [-0.1, -0.05) is 6.07 Å². The van der Waals surface area contributed by atoms with Crippen LogP contribution in [0.1, 0.15) is 12.8 Å². The van der Waals surface area contributed by atoms with Crippen LogP contribution in [-0.2, 0) is 11.3 Å². The van der Waals surface area contributed by atoms with Gasteiger partial charge in [0, 0.05) is 37.4 Å². The fraction of sp³-hybridized carbons (Fsp3) is 0.278. The van der Waals surface area contributed by atoms with Crippen molar-refractivity contribution in [1.82, 2.24) is 25.0 Å². The van der Waals surface area contributed by atoms with Crippen LogP contribution in [0.25, 0.3) is 33.1 Å². The van der Waals surface area contributed by atoms with Crippen LogP contribution in [0.4, 0.5) is 5.82 Å². The van der Waals surface area contributed by atoms with Gasteiger partial charge in [0.2, 0.25) is 0 Å². The van der Waals surface area contributed by atoms with Crippen molar-refractivity contribution in [2.75, 3.05) is 19.5 Å². The van der Waals surface area contributed by atoms with E-state index in [2.05, 4.69) is 32.4 Å². The van der Waals surface area contributed by atoms with Crippen molar-refractivity contribution in [3.05, 3.63) is 36.7 Å². The van der Waals surface area contributed by atoms with E-state index in [0.29, 0.717) is 5.82 Å². The van der Waals surface area contributed by atoms with Gasteiger partial charge in [-0.3, -0.25) is 9.78 Å². The maximum absolute atomic E-state index is 6.18. The van der Waals surface area contributed by atoms with E-state index in [1.807, 2.05) is 16.8 Å². The van der Waals surface area contributed by atoms with Gasteiger partial charge in [0.25, 0.3) is 0 Å². The van der Waals surface area contributed by atoms with Gasteiger partial charge in [-0.05, 0) is 31.0 Å². The minimum absolute atomic E-state index is 0.507. The molecule has 0 radical (unpaired) electrons. The number of pyridine rings is 1. The molecule has 3 N–H and O–H groups in total. The smallest absolute Gasteiger partial charge is 0.135 e. The van der Waals surface area contributed by atoms with Crippen molar-refractivity contribution >= 4 is 27.6 Å². The fourth-order valence-electron chi connectivity index (χ4n) is 3.13. The number of aromatic amines is 1. The number of fused-ring (bicyclic) bond motifs is 3. The Labute approximate surface area is 144 Å². The molecule has 0 aliphatic heterocycles. The van der Waals surface area contributed by atoms with Gasteiger partial charge >= 0.3 is 0 Å². The van der Waals surface area contributed by atoms with Crippen LogP contribution in [0.5, 0.6) is 0 Å². The van der Waals surface area contributed by atoms with E-state index in [9.17, 15) is 0 Å². The number of anilines is 1. The third-order valence-corrected chi connectivity index (χ3v) is 4.39. The van der Waals surface area contributed by atoms with Gasteiger partial charge in [-0.15, -0.1) is 0 Å². The quantitative estimate of drug-likeness (QED) is 0.528. The number of nitrogens with one attached hydrogen (secondary N) is 1. The topological polar surface area (TPSA) is 94.6 Å². The molecule has 7 heteroatoms. The van der Waals surface area contributed by atoms with Crippen molar-refractivity contribution < 1.29 is 4.74 Å². The summed E-state index contributed by atoms with van der Waals surface area (Å²) in [7, 11) is 1.72. The molecule has 25 heavy (non-hydrogen) atoms. The van der Waals surface area contributed by atoms with Crippen LogP contribution in [0.3, 0.4) is 0 Å². The van der Waals surface area contributed by atoms with E-state index in [1.54, 1.807) is 19.5 Å². The van der Waals surface area contributed by atoms with E-state index >= 15 is 0 Å². The van der Waals surface area contributed by atoms with Gasteiger partial charge in [-0.25, -0.2) is 4.98 Å². The minimum atomic E-state index is 0.507. The summed E-state index contributed by atoms with van der Waals surface area (Å²) >= 11 is 0. The van der Waals surface area contributed by atoms with Crippen molar-refractivity contribution in [2.45, 2.75) is 19.4 Å². The van der Waals surface area contributed by atoms with Gasteiger partial charge in [0.15, 0.2) is 0 Å². The molecule has 0 bridgehead atoms. The van der Waals surface area contributed by atoms with Gasteiger partial charge in [-0.2, -0.15) is 10.2 Å². The molecule has 0 fully saturated rings. The molecule has 128 valence electrons. The number of rotatable bonds is 6. The van der Waals surface area contributed by atoms with Crippen LogP contribution in [-0.4, -0.2) is 38.7 Å². The predicted molar refractivity (Wildman–Crippen MR) is 98.1 cm³/mol. The largest absolute Gasteiger partial charge is 0.385 e. The highest BCUT2D eigenvalue weighted by Crippen LogP contribution is 2.30. The number of nitrogens with zero attached hydrogens (tertiary/aromatic N) is 4. The summed E-state index contributed by atoms with van der Waals surface area (Å²) in [6.07, 6.45) is 5.54. The third-order valence-electron chi connectivity index (χ3n) is 4.39. The summed E-state index contributed by atoms with van der Waals surface area (Å²) in [6, 6.07) is 8.10. The second-order valence-electron chi connectivity index (χ2n) is 6.03. The van der Waals surface area contributed by atoms with Crippen LogP contribution in [0, 0.1) is 0 Å². The van der Waals surface area contributed by atoms with Crippen molar-refractivity contribution in [3.8, 4) is 11.3 Å². The number of unbranched alkanes of at least 4 members (excludes halogenated alkanes) is 1. The number of methoxy groups -OCH3 is 1. The molecule has 3 heterocycles. The molecule has 0 spiro atoms. The molecule has 0 saturated carbocycles. The van der Waals surface area contributed by atoms with Crippen LogP contribution < -0.4 is 5.73 Å². The summed E-state index contributed by atoms with van der Waals surface area (Å²) in [5.41, 5.74) is 10.1. The number of ether oxygens (including phenoxy) is 1. The first-order valence-electron chi connectivity index (χ1n) is 8.31. The maximum Gasteiger partial charge on any atom is 0.135 e. The highest BCUT2D eigenvalue weighted by Gasteiger charge is 2.13. The number of benzene rings is 1. The Bertz CT molecular complexity index is 1010. The Kier molecular flexibility index (Phi) is 4.07. The average Bonchev–Trinajstić information content (AvgIpc) is 3.29. The molecule has 4 aromatic rings. The van der Waals surface area contributed by atoms with E-state index < -0.39 is 0 Å². The second kappa shape index (κ2) is 6.52. The SMILES string of the molecule is COCCCCn1ncc2c(N)nc3cc(-c4ccn[nH]4)ccc3c21. The Balaban J connectivity index is 1.80. The molecule has 4 rings (SSSR count). The van der Waals surface area contributed by atoms with Crippen molar-refractivity contribution in [2.24, 2.45) is 0 Å². The fourth-order valence-corrected chi connectivity index (χ4v) is 3.13. The number of hydrogen-bond acceptors (Lipinski definition) is 5. The van der Waals surface area contributed by atoms with Crippen LogP contribution >= 0.6 is 0 Å². The first kappa shape index (κ1) is 15.6. The standard InChI is InChI=1S/C18H20N6O/c1-25-9-3-2-8-24-17-13-5-4-12(15-6-7-20-23-15)10-16(13)22-18(19)14(17)11-21-24/h4-7,10-11H,2-3,8-9H2,1H3,(H2,19,22)(H,20,23). The molecule has 0 amide bonds. The summed E-state index contributed by atoms with van der Waals surface area (Å²) < 4.78 is 7.13. The lowest BCUT2D eigenvalue weighted by molar-refractivity contribution is 0.191. The zero-order chi connectivity index (χ0) is 17.2. The molecule has 3 aromatic heterocycles. The molecular weight excluding hydrogens is 316 g/mol. The first-order chi connectivity index (χ1) is 12.3. The molecular formula is C18H20N6O. The molecule has 7 nitrogen and oxygen atoms in total.